The second kappa shape index (κ2) is 10.3. The lowest BCUT2D eigenvalue weighted by atomic mass is 10.00. The summed E-state index contributed by atoms with van der Waals surface area (Å²) in [5, 5.41) is 9.29. The molecule has 0 saturated carbocycles. The maximum absolute atomic E-state index is 12.3. The zero-order chi connectivity index (χ0) is 19.9. The van der Waals surface area contributed by atoms with Crippen molar-refractivity contribution < 1.29 is 19.4 Å². The van der Waals surface area contributed by atoms with Gasteiger partial charge in [0, 0.05) is 25.5 Å². The number of carbonyl (C=O) groups excluding carboxylic acids is 1. The van der Waals surface area contributed by atoms with E-state index in [1.807, 2.05) is 25.1 Å². The fraction of sp³-hybridized carbons (Fsp3) is 0.550. The largest absolute Gasteiger partial charge is 0.496 e. The van der Waals surface area contributed by atoms with Gasteiger partial charge in [-0.25, -0.2) is 4.79 Å². The van der Waals surface area contributed by atoms with E-state index in [4.69, 9.17) is 17.0 Å². The predicted octanol–water partition coefficient (Wildman–Crippen LogP) is 3.65. The van der Waals surface area contributed by atoms with Crippen molar-refractivity contribution >= 4 is 29.0 Å². The summed E-state index contributed by atoms with van der Waals surface area (Å²) in [7, 11) is 3.20. The molecule has 0 fully saturated rings. The van der Waals surface area contributed by atoms with Crippen molar-refractivity contribution in [3.05, 3.63) is 29.3 Å². The van der Waals surface area contributed by atoms with E-state index in [0.717, 1.165) is 21.7 Å². The molecule has 0 aliphatic carbocycles. The molecule has 0 bridgehead atoms. The van der Waals surface area contributed by atoms with Crippen LogP contribution in [-0.2, 0) is 16.0 Å². The van der Waals surface area contributed by atoms with Crippen molar-refractivity contribution in [1.29, 1.82) is 0 Å². The van der Waals surface area contributed by atoms with Crippen LogP contribution in [0, 0.1) is 12.8 Å². The smallest absolute Gasteiger partial charge is 0.326 e. The Hall–Kier alpha value is -1.95. The molecule has 6 heteroatoms. The molecular weight excluding hydrogens is 350 g/mol. The summed E-state index contributed by atoms with van der Waals surface area (Å²) in [6, 6.07) is 5.09. The molecule has 1 aromatic carbocycles. The Kier molecular flexibility index (Phi) is 8.72. The number of ether oxygens (including phenoxy) is 1. The van der Waals surface area contributed by atoms with Gasteiger partial charge in [0.1, 0.15) is 11.8 Å². The Labute approximate surface area is 161 Å². The first-order valence-corrected chi connectivity index (χ1v) is 9.22. The Morgan fingerprint density at radius 2 is 1.92 bits per heavy atom. The highest BCUT2D eigenvalue weighted by Gasteiger charge is 2.29. The number of amides is 1. The number of aliphatic carboxylic acids is 1. The molecule has 0 unspecified atom stereocenters. The minimum absolute atomic E-state index is 0.143. The van der Waals surface area contributed by atoms with Gasteiger partial charge in [0.15, 0.2) is 0 Å². The molecule has 0 saturated heterocycles. The molecule has 0 heterocycles. The van der Waals surface area contributed by atoms with Crippen LogP contribution in [0.4, 0.5) is 0 Å². The highest BCUT2D eigenvalue weighted by Crippen LogP contribution is 2.23. The number of aryl methyl sites for hydroxylation is 1. The minimum atomic E-state index is -0.974. The van der Waals surface area contributed by atoms with Crippen molar-refractivity contribution in [3.63, 3.8) is 0 Å². The normalized spacial score (nSPS) is 11.9. The first kappa shape index (κ1) is 22.1. The number of rotatable bonds is 10. The minimum Gasteiger partial charge on any atom is -0.496 e. The van der Waals surface area contributed by atoms with Gasteiger partial charge in [-0.2, -0.15) is 0 Å². The van der Waals surface area contributed by atoms with Crippen molar-refractivity contribution in [2.24, 2.45) is 5.92 Å². The molecule has 0 radical (unpaired) electrons. The molecule has 0 aliphatic heterocycles. The number of hydrogen-bond donors (Lipinski definition) is 1. The molecule has 1 rings (SSSR count). The SMILES string of the molecule is COc1cccc(C)c1CC(=S)CCCC(=O)N(C)[C@H](C(=O)O)C(C)C. The van der Waals surface area contributed by atoms with Crippen molar-refractivity contribution in [2.75, 3.05) is 14.2 Å². The average Bonchev–Trinajstić information content (AvgIpc) is 2.55. The maximum atomic E-state index is 12.3. The van der Waals surface area contributed by atoms with Crippen LogP contribution in [0.15, 0.2) is 18.2 Å². The van der Waals surface area contributed by atoms with E-state index in [1.165, 1.54) is 4.90 Å². The standard InChI is InChI=1S/C20H29NO4S/c1-13(2)19(20(23)24)21(4)18(22)11-7-9-15(26)12-16-14(3)8-6-10-17(16)25-5/h6,8,10,13,19H,7,9,11-12H2,1-5H3,(H,23,24)/t19-/m0/s1. The van der Waals surface area contributed by atoms with Crippen LogP contribution in [0.3, 0.4) is 0 Å². The van der Waals surface area contributed by atoms with Gasteiger partial charge in [-0.3, -0.25) is 4.79 Å². The third-order valence-corrected chi connectivity index (χ3v) is 4.85. The van der Waals surface area contributed by atoms with E-state index in [2.05, 4.69) is 0 Å². The third-order valence-electron chi connectivity index (χ3n) is 4.50. The molecule has 1 aromatic rings. The third kappa shape index (κ3) is 6.09. The number of hydrogen-bond acceptors (Lipinski definition) is 4. The quantitative estimate of drug-likeness (QED) is 0.629. The van der Waals surface area contributed by atoms with E-state index < -0.39 is 12.0 Å². The van der Waals surface area contributed by atoms with Crippen LogP contribution >= 0.6 is 12.2 Å². The highest BCUT2D eigenvalue weighted by atomic mass is 32.1. The summed E-state index contributed by atoms with van der Waals surface area (Å²) in [6.07, 6.45) is 2.18. The molecule has 0 aromatic heterocycles. The maximum Gasteiger partial charge on any atom is 0.326 e. The number of carbonyl (C=O) groups is 2. The summed E-state index contributed by atoms with van der Waals surface area (Å²) in [5.41, 5.74) is 2.21. The molecule has 1 N–H and O–H groups in total. The van der Waals surface area contributed by atoms with Gasteiger partial charge in [-0.05, 0) is 42.2 Å². The molecule has 26 heavy (non-hydrogen) atoms. The van der Waals surface area contributed by atoms with Crippen molar-refractivity contribution in [3.8, 4) is 5.75 Å². The van der Waals surface area contributed by atoms with Crippen LogP contribution in [0.2, 0.25) is 0 Å². The van der Waals surface area contributed by atoms with E-state index >= 15 is 0 Å². The zero-order valence-corrected chi connectivity index (χ0v) is 17.1. The van der Waals surface area contributed by atoms with Crippen LogP contribution in [0.1, 0.15) is 44.2 Å². The number of nitrogens with zero attached hydrogens (tertiary/aromatic N) is 1. The van der Waals surface area contributed by atoms with Gasteiger partial charge >= 0.3 is 5.97 Å². The van der Waals surface area contributed by atoms with Gasteiger partial charge in [0.2, 0.25) is 5.91 Å². The van der Waals surface area contributed by atoms with Gasteiger partial charge in [-0.1, -0.05) is 38.2 Å². The first-order chi connectivity index (χ1) is 12.2. The molecule has 0 aliphatic rings. The summed E-state index contributed by atoms with van der Waals surface area (Å²) in [5.74, 6) is -0.458. The van der Waals surface area contributed by atoms with Crippen LogP contribution in [0.5, 0.6) is 5.75 Å². The summed E-state index contributed by atoms with van der Waals surface area (Å²) < 4.78 is 5.40. The lowest BCUT2D eigenvalue weighted by Gasteiger charge is -2.27. The second-order valence-electron chi connectivity index (χ2n) is 6.86. The van der Waals surface area contributed by atoms with Gasteiger partial charge in [0.05, 0.1) is 7.11 Å². The number of likely N-dealkylation sites (N-methyl/N-ethyl adjacent to an activating group) is 1. The molecule has 0 spiro atoms. The fourth-order valence-electron chi connectivity index (χ4n) is 3.04. The van der Waals surface area contributed by atoms with E-state index in [1.54, 1.807) is 28.0 Å². The van der Waals surface area contributed by atoms with Gasteiger partial charge in [0.25, 0.3) is 0 Å². The number of carboxylic acids is 1. The Bertz CT molecular complexity index is 657. The predicted molar refractivity (Wildman–Crippen MR) is 107 cm³/mol. The molecular formula is C20H29NO4S. The number of thiocarbonyl (C=S) groups is 1. The van der Waals surface area contributed by atoms with Crippen LogP contribution < -0.4 is 4.74 Å². The second-order valence-corrected chi connectivity index (χ2v) is 7.43. The topological polar surface area (TPSA) is 66.8 Å². The fourth-order valence-corrected chi connectivity index (χ4v) is 3.33. The molecule has 1 amide bonds. The monoisotopic (exact) mass is 379 g/mol. The van der Waals surface area contributed by atoms with E-state index in [-0.39, 0.29) is 18.2 Å². The number of benzene rings is 1. The van der Waals surface area contributed by atoms with Crippen LogP contribution in [0.25, 0.3) is 0 Å². The molecule has 1 atom stereocenters. The lowest BCUT2D eigenvalue weighted by molar-refractivity contribution is -0.151. The Morgan fingerprint density at radius 1 is 1.27 bits per heavy atom. The highest BCUT2D eigenvalue weighted by molar-refractivity contribution is 7.80. The number of methoxy groups -OCH3 is 1. The number of carboxylic acid groups (broad SMARTS) is 1. The molecule has 5 nitrogen and oxygen atoms in total. The summed E-state index contributed by atoms with van der Waals surface area (Å²) in [4.78, 5) is 25.8. The van der Waals surface area contributed by atoms with E-state index in [9.17, 15) is 14.7 Å². The van der Waals surface area contributed by atoms with Crippen molar-refractivity contribution in [2.45, 2.75) is 52.5 Å². The summed E-state index contributed by atoms with van der Waals surface area (Å²) >= 11 is 5.48. The van der Waals surface area contributed by atoms with Crippen LogP contribution in [-0.4, -0.2) is 46.9 Å². The molecule has 144 valence electrons. The first-order valence-electron chi connectivity index (χ1n) is 8.81. The summed E-state index contributed by atoms with van der Waals surface area (Å²) in [6.45, 7) is 5.62. The average molecular weight is 380 g/mol. The van der Waals surface area contributed by atoms with Gasteiger partial charge in [-0.15, -0.1) is 0 Å². The zero-order valence-electron chi connectivity index (χ0n) is 16.2. The van der Waals surface area contributed by atoms with Gasteiger partial charge < -0.3 is 14.7 Å². The van der Waals surface area contributed by atoms with Crippen molar-refractivity contribution in [1.82, 2.24) is 4.90 Å². The Morgan fingerprint density at radius 3 is 2.46 bits per heavy atom. The Balaban J connectivity index is 2.56. The lowest BCUT2D eigenvalue weighted by Crippen LogP contribution is -2.45. The van der Waals surface area contributed by atoms with E-state index in [0.29, 0.717) is 19.3 Å².